The highest BCUT2D eigenvalue weighted by atomic mass is 35.5. The lowest BCUT2D eigenvalue weighted by Gasteiger charge is -2.32. The number of hydrogen-bond donors (Lipinski definition) is 2. The van der Waals surface area contributed by atoms with Crippen LogP contribution in [0.15, 0.2) is 29.1 Å². The number of carbonyl (C=O) groups is 1. The third-order valence-electron chi connectivity index (χ3n) is 4.90. The molecule has 1 fully saturated rings. The number of aromatic hydroxyl groups is 1. The minimum absolute atomic E-state index is 0.131. The first-order chi connectivity index (χ1) is 11.9. The van der Waals surface area contributed by atoms with Gasteiger partial charge in [-0.3, -0.25) is 9.59 Å². The lowest BCUT2D eigenvalue weighted by molar-refractivity contribution is 0.0710. The SMILES string of the molecule is Cc1[nH]c(=O)c(C(=O)N2CCC(c3cccc(O)c3)CC2)c(C)c1Cl. The molecule has 2 N–H and O–H groups in total. The highest BCUT2D eigenvalue weighted by molar-refractivity contribution is 6.32. The van der Waals surface area contributed by atoms with Gasteiger partial charge in [0.05, 0.1) is 5.02 Å². The summed E-state index contributed by atoms with van der Waals surface area (Å²) < 4.78 is 0. The fraction of sp³-hybridized carbons (Fsp3) is 0.368. The van der Waals surface area contributed by atoms with Crippen molar-refractivity contribution >= 4 is 17.5 Å². The lowest BCUT2D eigenvalue weighted by atomic mass is 9.89. The molecule has 1 saturated heterocycles. The summed E-state index contributed by atoms with van der Waals surface area (Å²) in [4.78, 5) is 29.4. The van der Waals surface area contributed by atoms with Crippen LogP contribution >= 0.6 is 11.6 Å². The number of amides is 1. The van der Waals surface area contributed by atoms with E-state index in [9.17, 15) is 14.7 Å². The molecule has 132 valence electrons. The van der Waals surface area contributed by atoms with Crippen molar-refractivity contribution in [1.29, 1.82) is 0 Å². The second kappa shape index (κ2) is 6.92. The zero-order valence-electron chi connectivity index (χ0n) is 14.3. The van der Waals surface area contributed by atoms with Crippen molar-refractivity contribution in [1.82, 2.24) is 9.88 Å². The molecule has 0 saturated carbocycles. The molecule has 1 aliphatic heterocycles. The van der Waals surface area contributed by atoms with Gasteiger partial charge in [-0.05, 0) is 55.9 Å². The molecule has 25 heavy (non-hydrogen) atoms. The van der Waals surface area contributed by atoms with Crippen molar-refractivity contribution in [2.24, 2.45) is 0 Å². The number of piperidine rings is 1. The molecule has 1 aromatic carbocycles. The van der Waals surface area contributed by atoms with Crippen molar-refractivity contribution in [2.75, 3.05) is 13.1 Å². The van der Waals surface area contributed by atoms with E-state index in [0.717, 1.165) is 18.4 Å². The number of hydrogen-bond acceptors (Lipinski definition) is 3. The molecule has 0 aliphatic carbocycles. The maximum Gasteiger partial charge on any atom is 0.261 e. The normalized spacial score (nSPS) is 15.4. The number of phenols is 1. The minimum atomic E-state index is -0.389. The number of likely N-dealkylation sites (tertiary alicyclic amines) is 1. The zero-order valence-corrected chi connectivity index (χ0v) is 15.1. The molecular formula is C19H21ClN2O3. The number of carbonyl (C=O) groups excluding carboxylic acids is 1. The van der Waals surface area contributed by atoms with E-state index in [0.29, 0.717) is 35.3 Å². The topological polar surface area (TPSA) is 73.4 Å². The second-order valence-corrected chi connectivity index (χ2v) is 6.93. The Balaban J connectivity index is 1.77. The first kappa shape index (κ1) is 17.5. The number of halogens is 1. The van der Waals surface area contributed by atoms with E-state index in [-0.39, 0.29) is 22.8 Å². The molecule has 0 spiro atoms. The zero-order chi connectivity index (χ0) is 18.1. The van der Waals surface area contributed by atoms with Gasteiger partial charge in [-0.25, -0.2) is 0 Å². The van der Waals surface area contributed by atoms with Crippen molar-refractivity contribution in [3.63, 3.8) is 0 Å². The Hall–Kier alpha value is -2.27. The quantitative estimate of drug-likeness (QED) is 0.862. The standard InChI is InChI=1S/C19H21ClN2O3/c1-11-16(18(24)21-12(2)17(11)20)19(25)22-8-6-13(7-9-22)14-4-3-5-15(23)10-14/h3-5,10,13,23H,6-9H2,1-2H3,(H,21,24). The second-order valence-electron chi connectivity index (χ2n) is 6.55. The van der Waals surface area contributed by atoms with Crippen LogP contribution in [-0.2, 0) is 0 Å². The molecular weight excluding hydrogens is 340 g/mol. The Morgan fingerprint density at radius 3 is 2.60 bits per heavy atom. The van der Waals surface area contributed by atoms with E-state index >= 15 is 0 Å². The number of pyridine rings is 1. The summed E-state index contributed by atoms with van der Waals surface area (Å²) >= 11 is 6.19. The Labute approximate surface area is 151 Å². The Morgan fingerprint density at radius 1 is 1.28 bits per heavy atom. The van der Waals surface area contributed by atoms with Crippen LogP contribution in [-0.4, -0.2) is 34.0 Å². The van der Waals surface area contributed by atoms with Crippen LogP contribution in [0.4, 0.5) is 0 Å². The molecule has 1 amide bonds. The Kier molecular flexibility index (Phi) is 4.86. The molecule has 1 aliphatic rings. The van der Waals surface area contributed by atoms with E-state index in [4.69, 9.17) is 11.6 Å². The Bertz CT molecular complexity index is 867. The number of rotatable bonds is 2. The molecule has 0 atom stereocenters. The van der Waals surface area contributed by atoms with Gasteiger partial charge in [0, 0.05) is 18.8 Å². The summed E-state index contributed by atoms with van der Waals surface area (Å²) in [6, 6.07) is 7.25. The van der Waals surface area contributed by atoms with Gasteiger partial charge in [-0.1, -0.05) is 23.7 Å². The van der Waals surface area contributed by atoms with Gasteiger partial charge in [0.1, 0.15) is 11.3 Å². The van der Waals surface area contributed by atoms with E-state index in [1.54, 1.807) is 30.9 Å². The van der Waals surface area contributed by atoms with Gasteiger partial charge in [-0.15, -0.1) is 0 Å². The molecule has 3 rings (SSSR count). The summed E-state index contributed by atoms with van der Waals surface area (Å²) in [6.07, 6.45) is 1.59. The van der Waals surface area contributed by atoms with Gasteiger partial charge >= 0.3 is 0 Å². The van der Waals surface area contributed by atoms with Gasteiger partial charge in [0.25, 0.3) is 11.5 Å². The van der Waals surface area contributed by atoms with E-state index < -0.39 is 0 Å². The number of H-pyrrole nitrogens is 1. The highest BCUT2D eigenvalue weighted by Crippen LogP contribution is 2.30. The fourth-order valence-corrected chi connectivity index (χ4v) is 3.60. The summed E-state index contributed by atoms with van der Waals surface area (Å²) in [5.74, 6) is 0.291. The molecule has 0 radical (unpaired) electrons. The number of phenolic OH excluding ortho intramolecular Hbond substituents is 1. The number of benzene rings is 1. The number of aromatic amines is 1. The fourth-order valence-electron chi connectivity index (χ4n) is 3.46. The summed E-state index contributed by atoms with van der Waals surface area (Å²) in [5.41, 5.74) is 1.93. The van der Waals surface area contributed by atoms with E-state index in [2.05, 4.69) is 4.98 Å². The summed E-state index contributed by atoms with van der Waals surface area (Å²) in [5, 5.41) is 10.1. The smallest absolute Gasteiger partial charge is 0.261 e. The number of aryl methyl sites for hydroxylation is 1. The van der Waals surface area contributed by atoms with E-state index in [1.165, 1.54) is 0 Å². The van der Waals surface area contributed by atoms with Crippen LogP contribution < -0.4 is 5.56 Å². The number of aromatic nitrogens is 1. The monoisotopic (exact) mass is 360 g/mol. The third-order valence-corrected chi connectivity index (χ3v) is 5.47. The number of nitrogens with one attached hydrogen (secondary N) is 1. The van der Waals surface area contributed by atoms with E-state index in [1.807, 2.05) is 12.1 Å². The lowest BCUT2D eigenvalue weighted by Crippen LogP contribution is -2.40. The van der Waals surface area contributed by atoms with Crippen molar-refractivity contribution in [3.8, 4) is 5.75 Å². The van der Waals surface area contributed by atoms with Crippen molar-refractivity contribution in [3.05, 3.63) is 62.0 Å². The molecule has 2 aromatic rings. The van der Waals surface area contributed by atoms with Crippen LogP contribution in [0.5, 0.6) is 5.75 Å². The molecule has 0 bridgehead atoms. The third kappa shape index (κ3) is 3.42. The molecule has 2 heterocycles. The number of nitrogens with zero attached hydrogens (tertiary/aromatic N) is 1. The summed E-state index contributed by atoms with van der Waals surface area (Å²) in [6.45, 7) is 4.57. The van der Waals surface area contributed by atoms with Crippen LogP contribution in [0, 0.1) is 13.8 Å². The first-order valence-corrected chi connectivity index (χ1v) is 8.73. The van der Waals surface area contributed by atoms with Crippen LogP contribution in [0.2, 0.25) is 5.02 Å². The largest absolute Gasteiger partial charge is 0.508 e. The Morgan fingerprint density at radius 2 is 1.96 bits per heavy atom. The predicted octanol–water partition coefficient (Wildman–Crippen LogP) is 3.37. The van der Waals surface area contributed by atoms with Crippen molar-refractivity contribution in [2.45, 2.75) is 32.6 Å². The average Bonchev–Trinajstić information content (AvgIpc) is 2.60. The molecule has 0 unspecified atom stereocenters. The molecule has 6 heteroatoms. The predicted molar refractivity (Wildman–Crippen MR) is 97.5 cm³/mol. The highest BCUT2D eigenvalue weighted by Gasteiger charge is 2.28. The molecule has 5 nitrogen and oxygen atoms in total. The average molecular weight is 361 g/mol. The van der Waals surface area contributed by atoms with Gasteiger partial charge in [-0.2, -0.15) is 0 Å². The van der Waals surface area contributed by atoms with Crippen LogP contribution in [0.1, 0.15) is 45.9 Å². The van der Waals surface area contributed by atoms with Crippen LogP contribution in [0.25, 0.3) is 0 Å². The molecule has 1 aromatic heterocycles. The minimum Gasteiger partial charge on any atom is -0.508 e. The summed E-state index contributed by atoms with van der Waals surface area (Å²) in [7, 11) is 0. The van der Waals surface area contributed by atoms with Crippen molar-refractivity contribution < 1.29 is 9.90 Å². The van der Waals surface area contributed by atoms with Crippen LogP contribution in [0.3, 0.4) is 0 Å². The van der Waals surface area contributed by atoms with Gasteiger partial charge < -0.3 is 15.0 Å². The maximum atomic E-state index is 12.8. The van der Waals surface area contributed by atoms with Gasteiger partial charge in [0.2, 0.25) is 0 Å². The van der Waals surface area contributed by atoms with Gasteiger partial charge in [0.15, 0.2) is 0 Å². The maximum absolute atomic E-state index is 12.8. The first-order valence-electron chi connectivity index (χ1n) is 8.35.